The molecule has 0 aliphatic heterocycles. The van der Waals surface area contributed by atoms with Gasteiger partial charge in [0, 0.05) is 11.9 Å². The highest BCUT2D eigenvalue weighted by atomic mass is 15.4. The first-order chi connectivity index (χ1) is 9.92. The Morgan fingerprint density at radius 3 is 2.80 bits per heavy atom. The van der Waals surface area contributed by atoms with Gasteiger partial charge < -0.3 is 0 Å². The van der Waals surface area contributed by atoms with Gasteiger partial charge in [-0.15, -0.1) is 5.10 Å². The van der Waals surface area contributed by atoms with Crippen molar-refractivity contribution in [2.75, 3.05) is 0 Å². The summed E-state index contributed by atoms with van der Waals surface area (Å²) in [5, 5.41) is 12.7. The van der Waals surface area contributed by atoms with E-state index in [4.69, 9.17) is 5.10 Å². The summed E-state index contributed by atoms with van der Waals surface area (Å²) >= 11 is 0. The van der Waals surface area contributed by atoms with E-state index in [1.807, 2.05) is 16.9 Å². The molecule has 0 bridgehead atoms. The number of aromatic nitrogens is 5. The second kappa shape index (κ2) is 4.59. The average molecular weight is 265 g/mol. The van der Waals surface area contributed by atoms with E-state index in [-0.39, 0.29) is 0 Å². The summed E-state index contributed by atoms with van der Waals surface area (Å²) in [5.74, 6) is 0. The minimum atomic E-state index is 0.697. The van der Waals surface area contributed by atoms with E-state index < -0.39 is 0 Å². The van der Waals surface area contributed by atoms with Gasteiger partial charge in [-0.3, -0.25) is 0 Å². The molecular weight excluding hydrogens is 250 g/mol. The van der Waals surface area contributed by atoms with Crippen LogP contribution in [0.25, 0.3) is 5.69 Å². The molecule has 0 amide bonds. The molecule has 0 atom stereocenters. The standard InChI is InChI=1S/C15H15N5/c1-2-5-12(6-3-1)20-15-8-4-7-13(15)14(17-20)11-19-10-9-16-18-19/h1-3,5-6,9-10H,4,7-8,11H2. The fourth-order valence-corrected chi connectivity index (χ4v) is 2.89. The third kappa shape index (κ3) is 1.82. The van der Waals surface area contributed by atoms with E-state index >= 15 is 0 Å². The maximum absolute atomic E-state index is 4.80. The maximum atomic E-state index is 4.80. The first kappa shape index (κ1) is 11.4. The molecule has 0 unspecified atom stereocenters. The maximum Gasteiger partial charge on any atom is 0.0879 e. The van der Waals surface area contributed by atoms with Gasteiger partial charge >= 0.3 is 0 Å². The lowest BCUT2D eigenvalue weighted by atomic mass is 10.2. The summed E-state index contributed by atoms with van der Waals surface area (Å²) in [6.07, 6.45) is 7.02. The Morgan fingerprint density at radius 2 is 2.00 bits per heavy atom. The van der Waals surface area contributed by atoms with Gasteiger partial charge in [-0.25, -0.2) is 9.36 Å². The summed E-state index contributed by atoms with van der Waals surface area (Å²) in [4.78, 5) is 0. The second-order valence-corrected chi connectivity index (χ2v) is 5.07. The SMILES string of the molecule is c1ccc(-n2nc(Cn3ccnn3)c3c2CCC3)cc1. The number of fused-ring (bicyclic) bond motifs is 1. The van der Waals surface area contributed by atoms with Crippen molar-refractivity contribution >= 4 is 0 Å². The van der Waals surface area contributed by atoms with Gasteiger partial charge in [0.15, 0.2) is 0 Å². The zero-order valence-corrected chi connectivity index (χ0v) is 11.1. The molecule has 0 radical (unpaired) electrons. The van der Waals surface area contributed by atoms with Crippen LogP contribution in [-0.4, -0.2) is 24.8 Å². The molecular formula is C15H15N5. The lowest BCUT2D eigenvalue weighted by Crippen LogP contribution is -2.05. The molecule has 2 aromatic heterocycles. The van der Waals surface area contributed by atoms with Crippen molar-refractivity contribution in [1.82, 2.24) is 24.8 Å². The van der Waals surface area contributed by atoms with Crippen LogP contribution in [0.4, 0.5) is 0 Å². The Labute approximate surface area is 116 Å². The van der Waals surface area contributed by atoms with Crippen LogP contribution >= 0.6 is 0 Å². The molecule has 0 saturated carbocycles. The van der Waals surface area contributed by atoms with E-state index in [1.165, 1.54) is 17.7 Å². The van der Waals surface area contributed by atoms with Gasteiger partial charge in [-0.1, -0.05) is 23.4 Å². The number of hydrogen-bond donors (Lipinski definition) is 0. The van der Waals surface area contributed by atoms with Crippen LogP contribution in [-0.2, 0) is 19.4 Å². The molecule has 20 heavy (non-hydrogen) atoms. The molecule has 100 valence electrons. The van der Waals surface area contributed by atoms with E-state index in [2.05, 4.69) is 39.3 Å². The van der Waals surface area contributed by atoms with Gasteiger partial charge in [0.1, 0.15) is 0 Å². The zero-order chi connectivity index (χ0) is 13.4. The minimum absolute atomic E-state index is 0.697. The summed E-state index contributed by atoms with van der Waals surface area (Å²) in [6.45, 7) is 0.697. The molecule has 4 rings (SSSR count). The Bertz CT molecular complexity index is 712. The average Bonchev–Trinajstić information content (AvgIpc) is 3.19. The van der Waals surface area contributed by atoms with Crippen molar-refractivity contribution in [3.05, 3.63) is 59.7 Å². The molecule has 1 aliphatic carbocycles. The van der Waals surface area contributed by atoms with Crippen LogP contribution < -0.4 is 0 Å². The number of para-hydroxylation sites is 1. The third-order valence-electron chi connectivity index (χ3n) is 3.80. The normalized spacial score (nSPS) is 13.6. The second-order valence-electron chi connectivity index (χ2n) is 5.07. The van der Waals surface area contributed by atoms with Crippen molar-refractivity contribution in [3.8, 4) is 5.69 Å². The molecule has 1 aromatic carbocycles. The Hall–Kier alpha value is -2.43. The lowest BCUT2D eigenvalue weighted by Gasteiger charge is -2.04. The van der Waals surface area contributed by atoms with Crippen LogP contribution in [0, 0.1) is 0 Å². The monoisotopic (exact) mass is 265 g/mol. The van der Waals surface area contributed by atoms with Crippen molar-refractivity contribution in [3.63, 3.8) is 0 Å². The highest BCUT2D eigenvalue weighted by molar-refractivity contribution is 5.39. The summed E-state index contributed by atoms with van der Waals surface area (Å²) in [7, 11) is 0. The minimum Gasteiger partial charge on any atom is -0.246 e. The molecule has 2 heterocycles. The van der Waals surface area contributed by atoms with Crippen LogP contribution in [0.5, 0.6) is 0 Å². The summed E-state index contributed by atoms with van der Waals surface area (Å²) in [6, 6.07) is 10.3. The van der Waals surface area contributed by atoms with Crippen LogP contribution in [0.2, 0.25) is 0 Å². The van der Waals surface area contributed by atoms with Gasteiger partial charge in [0.2, 0.25) is 0 Å². The molecule has 0 spiro atoms. The number of benzene rings is 1. The summed E-state index contributed by atoms with van der Waals surface area (Å²) in [5.41, 5.74) is 5.00. The summed E-state index contributed by atoms with van der Waals surface area (Å²) < 4.78 is 3.92. The van der Waals surface area contributed by atoms with Crippen molar-refractivity contribution in [2.24, 2.45) is 0 Å². The van der Waals surface area contributed by atoms with Gasteiger partial charge in [0.25, 0.3) is 0 Å². The van der Waals surface area contributed by atoms with E-state index in [1.54, 1.807) is 6.20 Å². The Morgan fingerprint density at radius 1 is 1.10 bits per heavy atom. The Kier molecular flexibility index (Phi) is 2.62. The predicted octanol–water partition coefficient (Wildman–Crippen LogP) is 2.00. The number of rotatable bonds is 3. The largest absolute Gasteiger partial charge is 0.246 e. The van der Waals surface area contributed by atoms with Gasteiger partial charge in [-0.2, -0.15) is 5.10 Å². The molecule has 0 N–H and O–H groups in total. The van der Waals surface area contributed by atoms with Gasteiger partial charge in [0.05, 0.1) is 24.1 Å². The van der Waals surface area contributed by atoms with Crippen LogP contribution in [0.3, 0.4) is 0 Å². The van der Waals surface area contributed by atoms with E-state index in [0.29, 0.717) is 6.54 Å². The van der Waals surface area contributed by atoms with Gasteiger partial charge in [-0.05, 0) is 37.0 Å². The smallest absolute Gasteiger partial charge is 0.0879 e. The van der Waals surface area contributed by atoms with Crippen LogP contribution in [0.1, 0.15) is 23.4 Å². The Balaban J connectivity index is 1.78. The molecule has 1 aliphatic rings. The van der Waals surface area contributed by atoms with Crippen molar-refractivity contribution < 1.29 is 0 Å². The van der Waals surface area contributed by atoms with E-state index in [9.17, 15) is 0 Å². The fraction of sp³-hybridized carbons (Fsp3) is 0.267. The van der Waals surface area contributed by atoms with Crippen LogP contribution in [0.15, 0.2) is 42.7 Å². The molecule has 5 nitrogen and oxygen atoms in total. The third-order valence-corrected chi connectivity index (χ3v) is 3.80. The topological polar surface area (TPSA) is 48.5 Å². The first-order valence-corrected chi connectivity index (χ1v) is 6.91. The van der Waals surface area contributed by atoms with Crippen molar-refractivity contribution in [1.29, 1.82) is 0 Å². The lowest BCUT2D eigenvalue weighted by molar-refractivity contribution is 0.624. The zero-order valence-electron chi connectivity index (χ0n) is 11.1. The highest BCUT2D eigenvalue weighted by Crippen LogP contribution is 2.28. The quantitative estimate of drug-likeness (QED) is 0.727. The van der Waals surface area contributed by atoms with E-state index in [0.717, 1.165) is 24.2 Å². The molecule has 3 aromatic rings. The highest BCUT2D eigenvalue weighted by Gasteiger charge is 2.23. The number of nitrogens with zero attached hydrogens (tertiary/aromatic N) is 5. The molecule has 5 heteroatoms. The number of hydrogen-bond acceptors (Lipinski definition) is 3. The first-order valence-electron chi connectivity index (χ1n) is 6.91. The molecule has 0 fully saturated rings. The van der Waals surface area contributed by atoms with Crippen molar-refractivity contribution in [2.45, 2.75) is 25.8 Å². The fourth-order valence-electron chi connectivity index (χ4n) is 2.89. The predicted molar refractivity (Wildman–Crippen MR) is 74.7 cm³/mol. The molecule has 0 saturated heterocycles.